The van der Waals surface area contributed by atoms with Crippen LogP contribution in [0.2, 0.25) is 0 Å². The quantitative estimate of drug-likeness (QED) is 0.711. The van der Waals surface area contributed by atoms with Gasteiger partial charge in [0.1, 0.15) is 0 Å². The molecule has 1 saturated carbocycles. The van der Waals surface area contributed by atoms with Gasteiger partial charge in [-0.2, -0.15) is 0 Å². The predicted molar refractivity (Wildman–Crippen MR) is 68.8 cm³/mol. The highest BCUT2D eigenvalue weighted by Gasteiger charge is 2.34. The van der Waals surface area contributed by atoms with E-state index in [0.717, 1.165) is 25.2 Å². The van der Waals surface area contributed by atoms with Gasteiger partial charge in [-0.3, -0.25) is 4.90 Å². The van der Waals surface area contributed by atoms with Crippen molar-refractivity contribution in [2.45, 2.75) is 57.7 Å². The van der Waals surface area contributed by atoms with Gasteiger partial charge < -0.3 is 10.6 Å². The predicted octanol–water partition coefficient (Wildman–Crippen LogP) is 1.20. The van der Waals surface area contributed by atoms with Crippen molar-refractivity contribution in [1.82, 2.24) is 15.5 Å². The smallest absolute Gasteiger partial charge is 0.0249 e. The van der Waals surface area contributed by atoms with Crippen molar-refractivity contribution in [3.05, 3.63) is 0 Å². The fourth-order valence-electron chi connectivity index (χ4n) is 2.67. The van der Waals surface area contributed by atoms with Gasteiger partial charge in [0.25, 0.3) is 0 Å². The van der Waals surface area contributed by atoms with Crippen molar-refractivity contribution < 1.29 is 0 Å². The van der Waals surface area contributed by atoms with Crippen LogP contribution >= 0.6 is 0 Å². The number of likely N-dealkylation sites (N-methyl/N-ethyl adjacent to an activating group) is 1. The zero-order chi connectivity index (χ0) is 11.6. The molecule has 1 saturated heterocycles. The van der Waals surface area contributed by atoms with Gasteiger partial charge in [-0.05, 0) is 39.7 Å². The first kappa shape index (κ1) is 12.3. The topological polar surface area (TPSA) is 27.3 Å². The summed E-state index contributed by atoms with van der Waals surface area (Å²) in [6, 6.07) is 1.66. The van der Waals surface area contributed by atoms with Crippen LogP contribution in [0.15, 0.2) is 0 Å². The molecule has 3 heteroatoms. The third kappa shape index (κ3) is 3.44. The van der Waals surface area contributed by atoms with Gasteiger partial charge in [0, 0.05) is 37.3 Å². The molecule has 1 unspecified atom stereocenters. The van der Waals surface area contributed by atoms with Crippen LogP contribution in [0.5, 0.6) is 0 Å². The van der Waals surface area contributed by atoms with E-state index in [9.17, 15) is 0 Å². The highest BCUT2D eigenvalue weighted by Crippen LogP contribution is 2.29. The maximum atomic E-state index is 3.72. The summed E-state index contributed by atoms with van der Waals surface area (Å²) in [6.45, 7) is 11.4. The second-order valence-electron chi connectivity index (χ2n) is 6.01. The van der Waals surface area contributed by atoms with Crippen molar-refractivity contribution in [3.8, 4) is 0 Å². The van der Waals surface area contributed by atoms with Gasteiger partial charge in [-0.1, -0.05) is 6.92 Å². The lowest BCUT2D eigenvalue weighted by Crippen LogP contribution is -2.50. The van der Waals surface area contributed by atoms with Crippen LogP contribution in [0.1, 0.15) is 40.0 Å². The van der Waals surface area contributed by atoms with Crippen molar-refractivity contribution in [2.75, 3.05) is 26.2 Å². The number of nitrogens with zero attached hydrogens (tertiary/aromatic N) is 1. The Morgan fingerprint density at radius 3 is 2.62 bits per heavy atom. The Hall–Kier alpha value is -0.120. The van der Waals surface area contributed by atoms with E-state index in [2.05, 4.69) is 36.3 Å². The largest absolute Gasteiger partial charge is 0.311 e. The first-order valence-corrected chi connectivity index (χ1v) is 6.83. The molecule has 0 aromatic carbocycles. The molecule has 1 atom stereocenters. The van der Waals surface area contributed by atoms with Crippen molar-refractivity contribution >= 4 is 0 Å². The van der Waals surface area contributed by atoms with E-state index >= 15 is 0 Å². The maximum absolute atomic E-state index is 3.72. The van der Waals surface area contributed by atoms with Crippen molar-refractivity contribution in [1.29, 1.82) is 0 Å². The Kier molecular flexibility index (Phi) is 3.88. The minimum absolute atomic E-state index is 0.224. The molecule has 0 amide bonds. The third-order valence-corrected chi connectivity index (χ3v) is 3.77. The van der Waals surface area contributed by atoms with E-state index in [1.807, 2.05) is 0 Å². The molecule has 94 valence electrons. The Morgan fingerprint density at radius 1 is 1.25 bits per heavy atom. The van der Waals surface area contributed by atoms with Crippen LogP contribution in [0.3, 0.4) is 0 Å². The average Bonchev–Trinajstić information content (AvgIpc) is 2.95. The highest BCUT2D eigenvalue weighted by atomic mass is 15.2. The SMILES string of the molecule is CCNC(C)(C)CNC1CCN(C2CC2)C1. The monoisotopic (exact) mass is 225 g/mol. The fourth-order valence-corrected chi connectivity index (χ4v) is 2.67. The Morgan fingerprint density at radius 2 is 2.00 bits per heavy atom. The molecular formula is C13H27N3. The molecule has 2 fully saturated rings. The molecule has 1 heterocycles. The molecule has 2 rings (SSSR count). The van der Waals surface area contributed by atoms with E-state index in [4.69, 9.17) is 0 Å². The minimum atomic E-state index is 0.224. The third-order valence-electron chi connectivity index (χ3n) is 3.77. The van der Waals surface area contributed by atoms with Gasteiger partial charge >= 0.3 is 0 Å². The molecule has 0 bridgehead atoms. The van der Waals surface area contributed by atoms with E-state index in [1.54, 1.807) is 0 Å². The van der Waals surface area contributed by atoms with Gasteiger partial charge in [-0.25, -0.2) is 0 Å². The molecule has 2 aliphatic rings. The summed E-state index contributed by atoms with van der Waals surface area (Å²) in [4.78, 5) is 2.66. The molecule has 1 aliphatic heterocycles. The highest BCUT2D eigenvalue weighted by molar-refractivity contribution is 4.93. The van der Waals surface area contributed by atoms with Crippen molar-refractivity contribution in [3.63, 3.8) is 0 Å². The van der Waals surface area contributed by atoms with E-state index < -0.39 is 0 Å². The van der Waals surface area contributed by atoms with Gasteiger partial charge in [0.05, 0.1) is 0 Å². The lowest BCUT2D eigenvalue weighted by molar-refractivity contribution is 0.306. The van der Waals surface area contributed by atoms with E-state index in [1.165, 1.54) is 32.4 Å². The molecule has 2 N–H and O–H groups in total. The van der Waals surface area contributed by atoms with Crippen LogP contribution in [0.4, 0.5) is 0 Å². The molecule has 0 radical (unpaired) electrons. The Balaban J connectivity index is 1.66. The summed E-state index contributed by atoms with van der Waals surface area (Å²) in [6.07, 6.45) is 4.21. The fraction of sp³-hybridized carbons (Fsp3) is 1.00. The summed E-state index contributed by atoms with van der Waals surface area (Å²) in [7, 11) is 0. The molecule has 3 nitrogen and oxygen atoms in total. The number of hydrogen-bond donors (Lipinski definition) is 2. The molecule has 0 aromatic rings. The minimum Gasteiger partial charge on any atom is -0.311 e. The van der Waals surface area contributed by atoms with Gasteiger partial charge in [0.2, 0.25) is 0 Å². The maximum Gasteiger partial charge on any atom is 0.0249 e. The molecule has 0 spiro atoms. The molecule has 16 heavy (non-hydrogen) atoms. The van der Waals surface area contributed by atoms with Crippen LogP contribution in [0, 0.1) is 0 Å². The van der Waals surface area contributed by atoms with Crippen LogP contribution < -0.4 is 10.6 Å². The standard InChI is InChI=1S/C13H27N3/c1-4-15-13(2,3)10-14-11-7-8-16(9-11)12-5-6-12/h11-12,14-15H,4-10H2,1-3H3. The van der Waals surface area contributed by atoms with Crippen LogP contribution in [0.25, 0.3) is 0 Å². The number of nitrogens with one attached hydrogen (secondary N) is 2. The number of hydrogen-bond acceptors (Lipinski definition) is 3. The Labute approximate surface area is 100.0 Å². The molecule has 1 aliphatic carbocycles. The second kappa shape index (κ2) is 5.03. The van der Waals surface area contributed by atoms with E-state index in [0.29, 0.717) is 0 Å². The summed E-state index contributed by atoms with van der Waals surface area (Å²) in [5.41, 5.74) is 0.224. The normalized spacial score (nSPS) is 27.6. The van der Waals surface area contributed by atoms with Crippen LogP contribution in [-0.2, 0) is 0 Å². The van der Waals surface area contributed by atoms with E-state index in [-0.39, 0.29) is 5.54 Å². The summed E-state index contributed by atoms with van der Waals surface area (Å²) >= 11 is 0. The second-order valence-corrected chi connectivity index (χ2v) is 6.01. The zero-order valence-corrected chi connectivity index (χ0v) is 11.1. The lowest BCUT2D eigenvalue weighted by Gasteiger charge is -2.28. The zero-order valence-electron chi connectivity index (χ0n) is 11.1. The summed E-state index contributed by atoms with van der Waals surface area (Å²) < 4.78 is 0. The number of rotatable bonds is 6. The Bertz CT molecular complexity index is 223. The molecular weight excluding hydrogens is 198 g/mol. The van der Waals surface area contributed by atoms with Crippen LogP contribution in [-0.4, -0.2) is 48.7 Å². The molecule has 0 aromatic heterocycles. The number of likely N-dealkylation sites (tertiary alicyclic amines) is 1. The summed E-state index contributed by atoms with van der Waals surface area (Å²) in [5, 5.41) is 7.23. The van der Waals surface area contributed by atoms with Gasteiger partial charge in [-0.15, -0.1) is 0 Å². The first-order chi connectivity index (χ1) is 7.61. The lowest BCUT2D eigenvalue weighted by atomic mass is 10.1. The first-order valence-electron chi connectivity index (χ1n) is 6.83. The van der Waals surface area contributed by atoms with Crippen molar-refractivity contribution in [2.24, 2.45) is 0 Å². The summed E-state index contributed by atoms with van der Waals surface area (Å²) in [5.74, 6) is 0. The van der Waals surface area contributed by atoms with Gasteiger partial charge in [0.15, 0.2) is 0 Å². The average molecular weight is 225 g/mol.